The minimum absolute atomic E-state index is 0.00469. The standard InChI is InChI=1S/C13H19N3O4S/c1-3-9-10(4-2)15-16-12(11(9)13(17)18)14-8-5-6-21(19,20)7-8/h8H,3-7H2,1-2H3,(H,14,16)(H,17,18). The van der Waals surface area contributed by atoms with Gasteiger partial charge in [0.1, 0.15) is 5.56 Å². The van der Waals surface area contributed by atoms with Crippen LogP contribution < -0.4 is 5.32 Å². The van der Waals surface area contributed by atoms with Crippen molar-refractivity contribution >= 4 is 21.6 Å². The molecule has 1 aliphatic rings. The number of nitrogens with zero attached hydrogens (tertiary/aromatic N) is 2. The van der Waals surface area contributed by atoms with E-state index in [9.17, 15) is 18.3 Å². The largest absolute Gasteiger partial charge is 0.478 e. The van der Waals surface area contributed by atoms with E-state index < -0.39 is 15.8 Å². The van der Waals surface area contributed by atoms with Crippen molar-refractivity contribution in [1.82, 2.24) is 10.2 Å². The Kier molecular flexibility index (Phi) is 4.46. The van der Waals surface area contributed by atoms with Crippen molar-refractivity contribution in [3.63, 3.8) is 0 Å². The Labute approximate surface area is 123 Å². The lowest BCUT2D eigenvalue weighted by atomic mass is 10.0. The van der Waals surface area contributed by atoms with Crippen molar-refractivity contribution in [2.75, 3.05) is 16.8 Å². The lowest BCUT2D eigenvalue weighted by Gasteiger charge is -2.16. The lowest BCUT2D eigenvalue weighted by Crippen LogP contribution is -2.24. The molecule has 0 bridgehead atoms. The van der Waals surface area contributed by atoms with E-state index in [2.05, 4.69) is 15.5 Å². The third-order valence-corrected chi connectivity index (χ3v) is 5.40. The summed E-state index contributed by atoms with van der Waals surface area (Å²) in [5, 5.41) is 20.4. The lowest BCUT2D eigenvalue weighted by molar-refractivity contribution is 0.0696. The highest BCUT2D eigenvalue weighted by Crippen LogP contribution is 2.24. The molecule has 1 unspecified atom stereocenters. The van der Waals surface area contributed by atoms with E-state index in [0.717, 1.165) is 0 Å². The van der Waals surface area contributed by atoms with Crippen molar-refractivity contribution < 1.29 is 18.3 Å². The number of nitrogens with one attached hydrogen (secondary N) is 1. The number of sulfone groups is 1. The summed E-state index contributed by atoms with van der Waals surface area (Å²) in [5.41, 5.74) is 1.43. The number of aryl methyl sites for hydroxylation is 1. The third-order valence-electron chi connectivity index (χ3n) is 3.63. The van der Waals surface area contributed by atoms with Crippen LogP contribution in [0.25, 0.3) is 0 Å². The Balaban J connectivity index is 2.37. The van der Waals surface area contributed by atoms with Gasteiger partial charge in [0, 0.05) is 6.04 Å². The number of aromatic nitrogens is 2. The average Bonchev–Trinajstić information content (AvgIpc) is 2.76. The number of hydrogen-bond acceptors (Lipinski definition) is 6. The zero-order valence-corrected chi connectivity index (χ0v) is 12.9. The summed E-state index contributed by atoms with van der Waals surface area (Å²) in [7, 11) is -3.04. The van der Waals surface area contributed by atoms with Gasteiger partial charge >= 0.3 is 5.97 Å². The summed E-state index contributed by atoms with van der Waals surface area (Å²) >= 11 is 0. The molecule has 1 aromatic heterocycles. The van der Waals surface area contributed by atoms with Crippen LogP contribution in [0.2, 0.25) is 0 Å². The van der Waals surface area contributed by atoms with Crippen LogP contribution in [0.1, 0.15) is 41.9 Å². The first kappa shape index (κ1) is 15.7. The molecular weight excluding hydrogens is 294 g/mol. The smallest absolute Gasteiger partial charge is 0.339 e. The molecule has 1 aliphatic heterocycles. The molecule has 1 fully saturated rings. The van der Waals surface area contributed by atoms with Gasteiger partial charge in [-0.25, -0.2) is 13.2 Å². The van der Waals surface area contributed by atoms with E-state index in [0.29, 0.717) is 30.5 Å². The number of carboxylic acid groups (broad SMARTS) is 1. The first-order valence-electron chi connectivity index (χ1n) is 6.96. The average molecular weight is 313 g/mol. The third kappa shape index (κ3) is 3.31. The molecule has 1 atom stereocenters. The molecule has 2 rings (SSSR count). The van der Waals surface area contributed by atoms with Gasteiger partial charge in [-0.15, -0.1) is 5.10 Å². The molecule has 0 aliphatic carbocycles. The zero-order chi connectivity index (χ0) is 15.6. The van der Waals surface area contributed by atoms with Gasteiger partial charge in [0.2, 0.25) is 0 Å². The highest BCUT2D eigenvalue weighted by atomic mass is 32.2. The van der Waals surface area contributed by atoms with E-state index in [-0.39, 0.29) is 28.9 Å². The van der Waals surface area contributed by atoms with Crippen LogP contribution in [0.15, 0.2) is 0 Å². The SMILES string of the molecule is CCc1nnc(NC2CCS(=O)(=O)C2)c(C(=O)O)c1CC. The Morgan fingerprint density at radius 2 is 2.05 bits per heavy atom. The fourth-order valence-corrected chi connectivity index (χ4v) is 4.28. The van der Waals surface area contributed by atoms with Gasteiger partial charge in [0.25, 0.3) is 0 Å². The normalized spacial score (nSPS) is 20.4. The maximum absolute atomic E-state index is 11.5. The quantitative estimate of drug-likeness (QED) is 0.831. The number of carbonyl (C=O) groups is 1. The molecule has 7 nitrogen and oxygen atoms in total. The Bertz CT molecular complexity index is 658. The molecule has 1 aromatic rings. The molecule has 21 heavy (non-hydrogen) atoms. The zero-order valence-electron chi connectivity index (χ0n) is 12.1. The highest BCUT2D eigenvalue weighted by molar-refractivity contribution is 7.91. The van der Waals surface area contributed by atoms with Crippen LogP contribution in [-0.4, -0.2) is 47.2 Å². The summed E-state index contributed by atoms with van der Waals surface area (Å²) in [5.74, 6) is -0.780. The molecule has 2 N–H and O–H groups in total. The van der Waals surface area contributed by atoms with E-state index in [1.165, 1.54) is 0 Å². The second kappa shape index (κ2) is 5.97. The molecule has 0 radical (unpaired) electrons. The summed E-state index contributed by atoms with van der Waals surface area (Å²) in [6.07, 6.45) is 1.60. The summed E-state index contributed by atoms with van der Waals surface area (Å²) in [6.45, 7) is 3.76. The number of aromatic carboxylic acids is 1. The van der Waals surface area contributed by atoms with Crippen LogP contribution in [0, 0.1) is 0 Å². The molecule has 1 saturated heterocycles. The Morgan fingerprint density at radius 1 is 1.33 bits per heavy atom. The highest BCUT2D eigenvalue weighted by Gasteiger charge is 2.30. The Morgan fingerprint density at radius 3 is 2.52 bits per heavy atom. The summed E-state index contributed by atoms with van der Waals surface area (Å²) in [4.78, 5) is 11.5. The number of hydrogen-bond donors (Lipinski definition) is 2. The van der Waals surface area contributed by atoms with E-state index in [1.807, 2.05) is 13.8 Å². The number of carboxylic acids is 1. The van der Waals surface area contributed by atoms with Crippen molar-refractivity contribution in [2.45, 2.75) is 39.2 Å². The van der Waals surface area contributed by atoms with Gasteiger partial charge in [-0.05, 0) is 24.8 Å². The Hall–Kier alpha value is -1.70. The van der Waals surface area contributed by atoms with Gasteiger partial charge in [-0.3, -0.25) is 0 Å². The van der Waals surface area contributed by atoms with Crippen molar-refractivity contribution in [1.29, 1.82) is 0 Å². The van der Waals surface area contributed by atoms with E-state index >= 15 is 0 Å². The van der Waals surface area contributed by atoms with Crippen LogP contribution in [0.4, 0.5) is 5.82 Å². The molecular formula is C13H19N3O4S. The van der Waals surface area contributed by atoms with Crippen LogP contribution in [0.3, 0.4) is 0 Å². The second-order valence-electron chi connectivity index (χ2n) is 5.11. The second-order valence-corrected chi connectivity index (χ2v) is 7.33. The molecule has 0 amide bonds. The minimum Gasteiger partial charge on any atom is -0.478 e. The number of rotatable bonds is 5. The maximum atomic E-state index is 11.5. The van der Waals surface area contributed by atoms with Gasteiger partial charge in [-0.2, -0.15) is 5.10 Å². The molecule has 8 heteroatoms. The molecule has 2 heterocycles. The van der Waals surface area contributed by atoms with Gasteiger partial charge in [0.15, 0.2) is 15.7 Å². The van der Waals surface area contributed by atoms with Crippen molar-refractivity contribution in [2.24, 2.45) is 0 Å². The molecule has 116 valence electrons. The molecule has 0 aromatic carbocycles. The predicted molar refractivity (Wildman–Crippen MR) is 78.4 cm³/mol. The molecule has 0 spiro atoms. The first-order valence-corrected chi connectivity index (χ1v) is 8.78. The van der Waals surface area contributed by atoms with Crippen molar-refractivity contribution in [3.05, 3.63) is 16.8 Å². The van der Waals surface area contributed by atoms with Gasteiger partial charge in [-0.1, -0.05) is 13.8 Å². The minimum atomic E-state index is -3.04. The van der Waals surface area contributed by atoms with E-state index in [4.69, 9.17) is 0 Å². The molecule has 0 saturated carbocycles. The number of anilines is 1. The topological polar surface area (TPSA) is 109 Å². The van der Waals surface area contributed by atoms with Gasteiger partial charge in [0.05, 0.1) is 17.2 Å². The fourth-order valence-electron chi connectivity index (χ4n) is 2.61. The fraction of sp³-hybridized carbons (Fsp3) is 0.615. The monoisotopic (exact) mass is 313 g/mol. The maximum Gasteiger partial charge on any atom is 0.339 e. The predicted octanol–water partition coefficient (Wildman–Crippen LogP) is 0.899. The first-order chi connectivity index (χ1) is 9.88. The summed E-state index contributed by atoms with van der Waals surface area (Å²) in [6, 6.07) is -0.306. The van der Waals surface area contributed by atoms with Crippen molar-refractivity contribution in [3.8, 4) is 0 Å². The van der Waals surface area contributed by atoms with Gasteiger partial charge < -0.3 is 10.4 Å². The van der Waals surface area contributed by atoms with Crippen LogP contribution in [0.5, 0.6) is 0 Å². The van der Waals surface area contributed by atoms with Crippen LogP contribution in [-0.2, 0) is 22.7 Å². The summed E-state index contributed by atoms with van der Waals surface area (Å²) < 4.78 is 23.0. The van der Waals surface area contributed by atoms with E-state index in [1.54, 1.807) is 0 Å². The van der Waals surface area contributed by atoms with Crippen LogP contribution >= 0.6 is 0 Å².